The van der Waals surface area contributed by atoms with E-state index in [2.05, 4.69) is 20.9 Å². The van der Waals surface area contributed by atoms with Crippen LogP contribution in [0.3, 0.4) is 0 Å². The van der Waals surface area contributed by atoms with Gasteiger partial charge in [-0.2, -0.15) is 0 Å². The van der Waals surface area contributed by atoms with Crippen LogP contribution in [0.5, 0.6) is 5.75 Å². The number of hydrogen-bond donors (Lipinski definition) is 0. The summed E-state index contributed by atoms with van der Waals surface area (Å²) in [5.41, 5.74) is 1.32. The Morgan fingerprint density at radius 2 is 2.07 bits per heavy atom. The van der Waals surface area contributed by atoms with E-state index in [0.29, 0.717) is 36.5 Å². The first-order valence-corrected chi connectivity index (χ1v) is 9.41. The minimum absolute atomic E-state index is 0.0653. The number of nitrogens with zero attached hydrogens (tertiary/aromatic N) is 3. The highest BCUT2D eigenvalue weighted by Crippen LogP contribution is 2.34. The van der Waals surface area contributed by atoms with Crippen molar-refractivity contribution < 1.29 is 19.1 Å². The third-order valence-corrected chi connectivity index (χ3v) is 4.55. The summed E-state index contributed by atoms with van der Waals surface area (Å²) < 4.78 is 15.2. The normalized spacial score (nSPS) is 14.7. The van der Waals surface area contributed by atoms with E-state index in [-0.39, 0.29) is 5.78 Å². The Bertz CT molecular complexity index is 966. The molecule has 0 N–H and O–H groups in total. The summed E-state index contributed by atoms with van der Waals surface area (Å²) >= 11 is 3.48. The molecule has 27 heavy (non-hydrogen) atoms. The summed E-state index contributed by atoms with van der Waals surface area (Å²) in [6.07, 6.45) is 3.37. The fourth-order valence-electron chi connectivity index (χ4n) is 2.82. The van der Waals surface area contributed by atoms with E-state index < -0.39 is 11.7 Å². The SMILES string of the molecule is Cn1ccn(Cc2cc(Br)c3c(c2)C(=O)CCO3)/c1=N\C(=O)OC(C)(C)C. The second-order valence-corrected chi connectivity index (χ2v) is 8.26. The molecular weight excluding hydrogens is 414 g/mol. The number of benzene rings is 1. The highest BCUT2D eigenvalue weighted by Gasteiger charge is 2.22. The zero-order chi connectivity index (χ0) is 19.8. The predicted molar refractivity (Wildman–Crippen MR) is 103 cm³/mol. The zero-order valence-corrected chi connectivity index (χ0v) is 17.4. The zero-order valence-electron chi connectivity index (χ0n) is 15.8. The van der Waals surface area contributed by atoms with Crippen molar-refractivity contribution in [2.24, 2.45) is 12.0 Å². The first-order chi connectivity index (χ1) is 12.6. The Morgan fingerprint density at radius 1 is 1.33 bits per heavy atom. The molecule has 0 spiro atoms. The minimum atomic E-state index is -0.645. The van der Waals surface area contributed by atoms with Gasteiger partial charge in [-0.05, 0) is 54.4 Å². The summed E-state index contributed by atoms with van der Waals surface area (Å²) in [4.78, 5) is 28.4. The maximum Gasteiger partial charge on any atom is 0.437 e. The summed E-state index contributed by atoms with van der Waals surface area (Å²) in [6, 6.07) is 3.74. The molecule has 1 amide bonds. The second kappa shape index (κ2) is 7.34. The van der Waals surface area contributed by atoms with Crippen molar-refractivity contribution in [1.29, 1.82) is 0 Å². The maximum atomic E-state index is 12.2. The molecule has 0 atom stereocenters. The van der Waals surface area contributed by atoms with Crippen LogP contribution in [-0.2, 0) is 18.3 Å². The van der Waals surface area contributed by atoms with Gasteiger partial charge in [-0.3, -0.25) is 4.79 Å². The van der Waals surface area contributed by atoms with Crippen molar-refractivity contribution in [3.63, 3.8) is 0 Å². The number of hydrogen-bond acceptors (Lipinski definition) is 4. The van der Waals surface area contributed by atoms with Crippen molar-refractivity contribution in [3.05, 3.63) is 45.7 Å². The van der Waals surface area contributed by atoms with Gasteiger partial charge in [0, 0.05) is 25.9 Å². The van der Waals surface area contributed by atoms with E-state index >= 15 is 0 Å². The first kappa shape index (κ1) is 19.4. The molecule has 0 saturated carbocycles. The standard InChI is InChI=1S/C19H22BrN3O4/c1-19(2,3)27-18(25)21-17-22(4)6-7-23(17)11-12-9-13-15(24)5-8-26-16(13)14(20)10-12/h6-7,9-10H,5,8,11H2,1-4H3/b21-17-. The van der Waals surface area contributed by atoms with Gasteiger partial charge in [-0.25, -0.2) is 4.79 Å². The van der Waals surface area contributed by atoms with Crippen molar-refractivity contribution in [2.75, 3.05) is 6.61 Å². The average Bonchev–Trinajstić information content (AvgIpc) is 2.87. The number of rotatable bonds is 2. The molecule has 8 heteroatoms. The lowest BCUT2D eigenvalue weighted by molar-refractivity contribution is 0.0593. The van der Waals surface area contributed by atoms with Crippen LogP contribution in [0.4, 0.5) is 4.79 Å². The fourth-order valence-corrected chi connectivity index (χ4v) is 3.44. The number of Topliss-reactive ketones (excluding diaryl/α,β-unsaturated/α-hetero) is 1. The Hall–Kier alpha value is -2.35. The molecule has 1 aliphatic heterocycles. The molecule has 0 aliphatic carbocycles. The minimum Gasteiger partial charge on any atom is -0.491 e. The quantitative estimate of drug-likeness (QED) is 0.723. The Morgan fingerprint density at radius 3 is 2.78 bits per heavy atom. The molecule has 1 aromatic carbocycles. The lowest BCUT2D eigenvalue weighted by Gasteiger charge is -2.19. The number of fused-ring (bicyclic) bond motifs is 1. The third-order valence-electron chi connectivity index (χ3n) is 3.96. The molecule has 1 aromatic heterocycles. The summed E-state index contributed by atoms with van der Waals surface area (Å²) in [5.74, 6) is 0.655. The van der Waals surface area contributed by atoms with E-state index in [1.54, 1.807) is 32.4 Å². The van der Waals surface area contributed by atoms with Crippen LogP contribution in [0.1, 0.15) is 43.1 Å². The topological polar surface area (TPSA) is 74.8 Å². The molecule has 1 aliphatic rings. The van der Waals surface area contributed by atoms with Crippen molar-refractivity contribution in [3.8, 4) is 5.75 Å². The van der Waals surface area contributed by atoms with Crippen molar-refractivity contribution >= 4 is 27.8 Å². The van der Waals surface area contributed by atoms with Gasteiger partial charge in [0.1, 0.15) is 11.4 Å². The molecule has 2 heterocycles. The van der Waals surface area contributed by atoms with Crippen molar-refractivity contribution in [2.45, 2.75) is 39.3 Å². The molecule has 2 aromatic rings. The number of aromatic nitrogens is 2. The van der Waals surface area contributed by atoms with Gasteiger partial charge in [-0.1, -0.05) is 0 Å². The summed E-state index contributed by atoms with van der Waals surface area (Å²) in [5, 5.41) is 0. The van der Waals surface area contributed by atoms with Gasteiger partial charge < -0.3 is 18.6 Å². The van der Waals surface area contributed by atoms with Gasteiger partial charge in [0.05, 0.1) is 23.2 Å². The molecule has 144 valence electrons. The smallest absolute Gasteiger partial charge is 0.437 e. The average molecular weight is 436 g/mol. The van der Waals surface area contributed by atoms with Crippen LogP contribution in [-0.4, -0.2) is 33.2 Å². The molecule has 0 saturated heterocycles. The molecule has 0 bridgehead atoms. The van der Waals surface area contributed by atoms with Gasteiger partial charge in [-0.15, -0.1) is 4.99 Å². The highest BCUT2D eigenvalue weighted by atomic mass is 79.9. The van der Waals surface area contributed by atoms with Crippen LogP contribution in [0.2, 0.25) is 0 Å². The first-order valence-electron chi connectivity index (χ1n) is 8.62. The monoisotopic (exact) mass is 435 g/mol. The number of imidazole rings is 1. The van der Waals surface area contributed by atoms with E-state index in [9.17, 15) is 9.59 Å². The van der Waals surface area contributed by atoms with Crippen LogP contribution < -0.4 is 10.4 Å². The predicted octanol–water partition coefficient (Wildman–Crippen LogP) is 3.44. The number of carbonyl (C=O) groups excluding carboxylic acids is 2. The third kappa shape index (κ3) is 4.50. The van der Waals surface area contributed by atoms with Gasteiger partial charge in [0.2, 0.25) is 5.62 Å². The largest absolute Gasteiger partial charge is 0.491 e. The van der Waals surface area contributed by atoms with E-state index in [1.165, 1.54) is 0 Å². The fraction of sp³-hybridized carbons (Fsp3) is 0.421. The molecule has 7 nitrogen and oxygen atoms in total. The molecule has 0 radical (unpaired) electrons. The molecular formula is C19H22BrN3O4. The molecule has 3 rings (SSSR count). The second-order valence-electron chi connectivity index (χ2n) is 7.41. The maximum absolute atomic E-state index is 12.2. The van der Waals surface area contributed by atoms with E-state index in [4.69, 9.17) is 9.47 Å². The van der Waals surface area contributed by atoms with Crippen LogP contribution in [0, 0.1) is 0 Å². The lowest BCUT2D eigenvalue weighted by atomic mass is 10.0. The van der Waals surface area contributed by atoms with Gasteiger partial charge >= 0.3 is 6.09 Å². The van der Waals surface area contributed by atoms with Crippen LogP contribution >= 0.6 is 15.9 Å². The number of amides is 1. The highest BCUT2D eigenvalue weighted by molar-refractivity contribution is 9.10. The lowest BCUT2D eigenvalue weighted by Crippen LogP contribution is -2.29. The number of ether oxygens (including phenoxy) is 2. The number of carbonyl (C=O) groups is 2. The summed E-state index contributed by atoms with van der Waals surface area (Å²) in [7, 11) is 1.81. The van der Waals surface area contributed by atoms with E-state index in [0.717, 1.165) is 10.0 Å². The van der Waals surface area contributed by atoms with Crippen LogP contribution in [0.25, 0.3) is 0 Å². The van der Waals surface area contributed by atoms with E-state index in [1.807, 2.05) is 29.1 Å². The van der Waals surface area contributed by atoms with Crippen LogP contribution in [0.15, 0.2) is 34.0 Å². The molecule has 0 fully saturated rings. The number of halogens is 1. The van der Waals surface area contributed by atoms with Crippen molar-refractivity contribution in [1.82, 2.24) is 9.13 Å². The number of aryl methyl sites for hydroxylation is 1. The Labute approximate surface area is 165 Å². The Kier molecular flexibility index (Phi) is 5.28. The van der Waals surface area contributed by atoms with Gasteiger partial charge in [0.25, 0.3) is 0 Å². The number of ketones is 1. The summed E-state index contributed by atoms with van der Waals surface area (Å²) in [6.45, 7) is 6.23. The van der Waals surface area contributed by atoms with Gasteiger partial charge in [0.15, 0.2) is 5.78 Å². The Balaban J connectivity index is 1.94. The molecule has 0 unspecified atom stereocenters.